The molecule has 1 fully saturated rings. The molecule has 1 saturated heterocycles. The summed E-state index contributed by atoms with van der Waals surface area (Å²) < 4.78 is 0. The van der Waals surface area contributed by atoms with E-state index in [1.54, 1.807) is 24.5 Å². The van der Waals surface area contributed by atoms with E-state index in [4.69, 9.17) is 28.3 Å². The van der Waals surface area contributed by atoms with E-state index in [1.807, 2.05) is 24.0 Å². The molecule has 3 rings (SSSR count). The summed E-state index contributed by atoms with van der Waals surface area (Å²) in [4.78, 5) is 17.8. The summed E-state index contributed by atoms with van der Waals surface area (Å²) in [5.41, 5.74) is 2.92. The van der Waals surface area contributed by atoms with Gasteiger partial charge in [-0.3, -0.25) is 9.78 Å². The van der Waals surface area contributed by atoms with Gasteiger partial charge in [0.2, 0.25) is 5.91 Å². The molecule has 1 aromatic carbocycles. The number of rotatable bonds is 3. The molecule has 26 heavy (non-hydrogen) atoms. The van der Waals surface area contributed by atoms with E-state index < -0.39 is 0 Å². The number of carbonyl (C=O) groups is 1. The van der Waals surface area contributed by atoms with E-state index in [0.29, 0.717) is 16.5 Å². The van der Waals surface area contributed by atoms with Gasteiger partial charge in [-0.25, -0.2) is 0 Å². The third-order valence-electron chi connectivity index (χ3n) is 4.37. The van der Waals surface area contributed by atoms with Gasteiger partial charge in [0, 0.05) is 25.5 Å². The van der Waals surface area contributed by atoms with E-state index in [2.05, 4.69) is 4.98 Å². The first kappa shape index (κ1) is 20.7. The summed E-state index contributed by atoms with van der Waals surface area (Å²) in [7, 11) is 0. The fraction of sp³-hybridized carbons (Fsp3) is 0.400. The summed E-state index contributed by atoms with van der Waals surface area (Å²) in [6.07, 6.45) is 7.28. The van der Waals surface area contributed by atoms with Gasteiger partial charge in [-0.1, -0.05) is 29.3 Å². The molecule has 2 heterocycles. The number of benzene rings is 1. The minimum absolute atomic E-state index is 0.0830. The van der Waals surface area contributed by atoms with E-state index in [0.717, 1.165) is 42.6 Å². The highest BCUT2D eigenvalue weighted by molar-refractivity contribution is 6.42. The molecule has 2 aromatic rings. The average molecular weight is 395 g/mol. The Kier molecular flexibility index (Phi) is 8.36. The zero-order valence-corrected chi connectivity index (χ0v) is 16.4. The first-order valence-corrected chi connectivity index (χ1v) is 9.49. The van der Waals surface area contributed by atoms with Crippen LogP contribution in [0.15, 0.2) is 36.7 Å². The van der Waals surface area contributed by atoms with Gasteiger partial charge in [0.15, 0.2) is 0 Å². The van der Waals surface area contributed by atoms with Gasteiger partial charge in [0.25, 0.3) is 0 Å². The van der Waals surface area contributed by atoms with E-state index >= 15 is 0 Å². The van der Waals surface area contributed by atoms with Crippen molar-refractivity contribution in [3.05, 3.63) is 63.4 Å². The van der Waals surface area contributed by atoms with Crippen molar-refractivity contribution in [2.24, 2.45) is 0 Å². The standard InChI is InChI=1S/C13H15Cl2NO.C7H9NO/c14-11-5-4-10(8-12(11)15)9-13(17)16-6-2-1-3-7-16;1-6-2-3-8-4-7(6)5-9/h4-5,8H,1-3,6-7,9H2;2-4,9H,5H2,1H3. The molecule has 6 heteroatoms. The molecule has 1 aliphatic heterocycles. The first-order chi connectivity index (χ1) is 12.5. The van der Waals surface area contributed by atoms with Gasteiger partial charge >= 0.3 is 0 Å². The number of pyridine rings is 1. The molecule has 0 radical (unpaired) electrons. The fourth-order valence-corrected chi connectivity index (χ4v) is 3.06. The van der Waals surface area contributed by atoms with Crippen molar-refractivity contribution < 1.29 is 9.90 Å². The first-order valence-electron chi connectivity index (χ1n) is 8.73. The van der Waals surface area contributed by atoms with E-state index in [9.17, 15) is 4.79 Å². The number of hydrogen-bond acceptors (Lipinski definition) is 3. The van der Waals surface area contributed by atoms with Crippen LogP contribution in [0, 0.1) is 6.92 Å². The van der Waals surface area contributed by atoms with Gasteiger partial charge < -0.3 is 10.0 Å². The number of aromatic nitrogens is 1. The quantitative estimate of drug-likeness (QED) is 0.837. The Hall–Kier alpha value is -1.62. The van der Waals surface area contributed by atoms with Crippen molar-refractivity contribution in [3.8, 4) is 0 Å². The third kappa shape index (κ3) is 6.27. The zero-order chi connectivity index (χ0) is 18.9. The maximum atomic E-state index is 12.0. The molecule has 1 aromatic heterocycles. The van der Waals surface area contributed by atoms with Gasteiger partial charge in [-0.05, 0) is 61.1 Å². The average Bonchev–Trinajstić information content (AvgIpc) is 2.66. The summed E-state index contributed by atoms with van der Waals surface area (Å²) in [5.74, 6) is 0.183. The fourth-order valence-electron chi connectivity index (χ4n) is 2.74. The topological polar surface area (TPSA) is 53.4 Å². The number of amides is 1. The summed E-state index contributed by atoms with van der Waals surface area (Å²) in [6.45, 7) is 3.81. The van der Waals surface area contributed by atoms with Crippen LogP contribution in [0.3, 0.4) is 0 Å². The molecular formula is C20H24Cl2N2O2. The van der Waals surface area contributed by atoms with Gasteiger partial charge in [-0.2, -0.15) is 0 Å². The Balaban J connectivity index is 0.000000228. The highest BCUT2D eigenvalue weighted by atomic mass is 35.5. The van der Waals surface area contributed by atoms with Crippen LogP contribution in [0.25, 0.3) is 0 Å². The van der Waals surface area contributed by atoms with Crippen LogP contribution >= 0.6 is 23.2 Å². The van der Waals surface area contributed by atoms with Crippen LogP contribution in [-0.2, 0) is 17.8 Å². The summed E-state index contributed by atoms with van der Waals surface area (Å²) in [5, 5.41) is 9.72. The lowest BCUT2D eigenvalue weighted by molar-refractivity contribution is -0.131. The Morgan fingerprint density at radius 2 is 1.88 bits per heavy atom. The molecule has 0 unspecified atom stereocenters. The van der Waals surface area contributed by atoms with Crippen LogP contribution < -0.4 is 0 Å². The van der Waals surface area contributed by atoms with E-state index in [1.165, 1.54) is 6.42 Å². The number of halogens is 2. The Morgan fingerprint density at radius 1 is 1.15 bits per heavy atom. The number of likely N-dealkylation sites (tertiary alicyclic amines) is 1. The van der Waals surface area contributed by atoms with Crippen LogP contribution in [0.5, 0.6) is 0 Å². The van der Waals surface area contributed by atoms with Crippen LogP contribution in [0.2, 0.25) is 10.0 Å². The molecule has 140 valence electrons. The third-order valence-corrected chi connectivity index (χ3v) is 5.10. The van der Waals surface area contributed by atoms with Gasteiger partial charge in [0.05, 0.1) is 23.1 Å². The lowest BCUT2D eigenvalue weighted by Gasteiger charge is -2.26. The lowest BCUT2D eigenvalue weighted by atomic mass is 10.1. The monoisotopic (exact) mass is 394 g/mol. The minimum Gasteiger partial charge on any atom is -0.392 e. The smallest absolute Gasteiger partial charge is 0.226 e. The maximum absolute atomic E-state index is 12.0. The molecule has 0 saturated carbocycles. The maximum Gasteiger partial charge on any atom is 0.226 e. The molecular weight excluding hydrogens is 371 g/mol. The molecule has 1 N–H and O–H groups in total. The SMILES string of the molecule is Cc1ccncc1CO.O=C(Cc1ccc(Cl)c(Cl)c1)N1CCCCC1. The molecule has 1 aliphatic rings. The number of aryl methyl sites for hydroxylation is 1. The van der Waals surface area contributed by atoms with Crippen molar-refractivity contribution >= 4 is 29.1 Å². The molecule has 1 amide bonds. The van der Waals surface area contributed by atoms with Crippen molar-refractivity contribution in [2.75, 3.05) is 13.1 Å². The number of piperidine rings is 1. The Bertz CT molecular complexity index is 732. The lowest BCUT2D eigenvalue weighted by Crippen LogP contribution is -2.36. The molecule has 0 atom stereocenters. The predicted molar refractivity (Wildman–Crippen MR) is 105 cm³/mol. The van der Waals surface area contributed by atoms with Crippen LogP contribution in [0.4, 0.5) is 0 Å². The number of aliphatic hydroxyl groups excluding tert-OH is 1. The number of nitrogens with zero attached hydrogens (tertiary/aromatic N) is 2. The zero-order valence-electron chi connectivity index (χ0n) is 14.9. The second-order valence-corrected chi connectivity index (χ2v) is 7.14. The van der Waals surface area contributed by atoms with Crippen LogP contribution in [-0.4, -0.2) is 34.0 Å². The predicted octanol–water partition coefficient (Wildman–Crippen LogP) is 4.43. The minimum atomic E-state index is 0.0830. The number of carbonyl (C=O) groups excluding carboxylic acids is 1. The van der Waals surface area contributed by atoms with Gasteiger partial charge in [-0.15, -0.1) is 0 Å². The highest BCUT2D eigenvalue weighted by Crippen LogP contribution is 2.23. The Morgan fingerprint density at radius 3 is 2.46 bits per heavy atom. The van der Waals surface area contributed by atoms with Gasteiger partial charge in [0.1, 0.15) is 0 Å². The highest BCUT2D eigenvalue weighted by Gasteiger charge is 2.16. The molecule has 0 spiro atoms. The number of aliphatic hydroxyl groups is 1. The van der Waals surface area contributed by atoms with Crippen molar-refractivity contribution in [1.29, 1.82) is 0 Å². The molecule has 4 nitrogen and oxygen atoms in total. The van der Waals surface area contributed by atoms with Crippen molar-refractivity contribution in [3.63, 3.8) is 0 Å². The second kappa shape index (κ2) is 10.5. The Labute approximate surface area is 164 Å². The second-order valence-electron chi connectivity index (χ2n) is 6.33. The normalized spacial score (nSPS) is 13.8. The van der Waals surface area contributed by atoms with Crippen molar-refractivity contribution in [2.45, 2.75) is 39.2 Å². The molecule has 0 aliphatic carbocycles. The number of hydrogen-bond donors (Lipinski definition) is 1. The summed E-state index contributed by atoms with van der Waals surface area (Å²) in [6, 6.07) is 7.25. The van der Waals surface area contributed by atoms with E-state index in [-0.39, 0.29) is 12.5 Å². The van der Waals surface area contributed by atoms with Crippen LogP contribution in [0.1, 0.15) is 36.0 Å². The summed E-state index contributed by atoms with van der Waals surface area (Å²) >= 11 is 11.8. The molecule has 0 bridgehead atoms. The largest absolute Gasteiger partial charge is 0.392 e. The van der Waals surface area contributed by atoms with Crippen molar-refractivity contribution in [1.82, 2.24) is 9.88 Å².